The highest BCUT2D eigenvalue weighted by Gasteiger charge is 2.33. The van der Waals surface area contributed by atoms with E-state index in [1.54, 1.807) is 35.2 Å². The molecule has 0 aliphatic carbocycles. The minimum atomic E-state index is -1.28. The summed E-state index contributed by atoms with van der Waals surface area (Å²) in [5, 5.41) is 21.4. The number of anilines is 2. The van der Waals surface area contributed by atoms with Crippen LogP contribution in [0.2, 0.25) is 0 Å². The van der Waals surface area contributed by atoms with E-state index < -0.39 is 18.1 Å². The Hall–Kier alpha value is -5.13. The Morgan fingerprint density at radius 1 is 1.17 bits per heavy atom. The number of nitrogens with one attached hydrogen (secondary N) is 3. The number of urea groups is 1. The van der Waals surface area contributed by atoms with Crippen LogP contribution in [0.25, 0.3) is 0 Å². The van der Waals surface area contributed by atoms with Gasteiger partial charge in [0.1, 0.15) is 24.1 Å². The van der Waals surface area contributed by atoms with Gasteiger partial charge in [0, 0.05) is 30.4 Å². The topological polar surface area (TPSA) is 163 Å². The van der Waals surface area contributed by atoms with Crippen LogP contribution in [0.4, 0.5) is 21.0 Å². The van der Waals surface area contributed by atoms with Gasteiger partial charge in [0.25, 0.3) is 0 Å². The van der Waals surface area contributed by atoms with Gasteiger partial charge in [-0.1, -0.05) is 48.1 Å². The van der Waals surface area contributed by atoms with Gasteiger partial charge in [-0.3, -0.25) is 4.79 Å². The van der Waals surface area contributed by atoms with Crippen molar-refractivity contribution in [2.75, 3.05) is 23.8 Å². The number of nitrogens with zero attached hydrogens (tertiary/aromatic N) is 2. The maximum atomic E-state index is 13.2. The van der Waals surface area contributed by atoms with Crippen molar-refractivity contribution in [3.63, 3.8) is 0 Å². The highest BCUT2D eigenvalue weighted by Crippen LogP contribution is 2.32. The standard InChI is InChI=1S/C30H33N5O7/c1-3-15-41-30(40)33-25(28(37)38)18-22-17-24(34-42-22)26-9-6-14-35(26)27(36)16-20-10-12-21(13-11-20)31-29(39)32-23-8-5-4-7-19(23)2/h3-5,7-8,10-13,17,25-26H,1,6,9,14-16,18H2,2H3,(H,33,40)(H,37,38)(H2,31,32,39). The van der Waals surface area contributed by atoms with E-state index in [1.165, 1.54) is 6.08 Å². The van der Waals surface area contributed by atoms with Crippen molar-refractivity contribution in [2.45, 2.75) is 44.7 Å². The molecule has 2 heterocycles. The van der Waals surface area contributed by atoms with Crippen molar-refractivity contribution in [1.29, 1.82) is 0 Å². The Kier molecular flexibility index (Phi) is 9.93. The number of alkyl carbamates (subject to hydrolysis) is 1. The molecule has 0 saturated carbocycles. The smallest absolute Gasteiger partial charge is 0.408 e. The fraction of sp³-hybridized carbons (Fsp3) is 0.300. The van der Waals surface area contributed by atoms with Crippen LogP contribution in [0.5, 0.6) is 0 Å². The number of carboxylic acids is 1. The third kappa shape index (κ3) is 7.96. The van der Waals surface area contributed by atoms with Crippen molar-refractivity contribution in [3.05, 3.63) is 89.8 Å². The van der Waals surface area contributed by atoms with Crippen LogP contribution < -0.4 is 16.0 Å². The first-order valence-electron chi connectivity index (χ1n) is 13.5. The van der Waals surface area contributed by atoms with Crippen LogP contribution in [0, 0.1) is 6.92 Å². The zero-order valence-corrected chi connectivity index (χ0v) is 23.2. The molecule has 1 aromatic heterocycles. The van der Waals surface area contributed by atoms with Crippen LogP contribution in [0.1, 0.15) is 41.5 Å². The summed E-state index contributed by atoms with van der Waals surface area (Å²) >= 11 is 0. The lowest BCUT2D eigenvalue weighted by atomic mass is 10.1. The number of hydrogen-bond acceptors (Lipinski definition) is 7. The third-order valence-electron chi connectivity index (χ3n) is 6.78. The Morgan fingerprint density at radius 2 is 1.93 bits per heavy atom. The van der Waals surface area contributed by atoms with E-state index in [0.717, 1.165) is 23.2 Å². The zero-order valence-electron chi connectivity index (χ0n) is 23.2. The first kappa shape index (κ1) is 29.8. The molecule has 0 spiro atoms. The molecule has 42 heavy (non-hydrogen) atoms. The number of rotatable bonds is 11. The number of benzene rings is 2. The van der Waals surface area contributed by atoms with Gasteiger partial charge < -0.3 is 35.2 Å². The molecule has 1 saturated heterocycles. The number of carbonyl (C=O) groups is 4. The lowest BCUT2D eigenvalue weighted by Crippen LogP contribution is -2.42. The molecule has 4 N–H and O–H groups in total. The summed E-state index contributed by atoms with van der Waals surface area (Å²) in [6, 6.07) is 14.2. The fourth-order valence-electron chi connectivity index (χ4n) is 4.65. The minimum Gasteiger partial charge on any atom is -0.480 e. The Morgan fingerprint density at radius 3 is 2.64 bits per heavy atom. The molecule has 220 valence electrons. The number of ether oxygens (including phenoxy) is 1. The van der Waals surface area contributed by atoms with Gasteiger partial charge in [-0.2, -0.15) is 0 Å². The van der Waals surface area contributed by atoms with Gasteiger partial charge in [-0.15, -0.1) is 0 Å². The number of carbonyl (C=O) groups excluding carboxylic acids is 3. The van der Waals surface area contributed by atoms with Crippen LogP contribution in [0.15, 0.2) is 71.8 Å². The number of aryl methyl sites for hydroxylation is 1. The number of hydrogen-bond donors (Lipinski definition) is 4. The van der Waals surface area contributed by atoms with E-state index in [2.05, 4.69) is 27.7 Å². The van der Waals surface area contributed by atoms with E-state index in [9.17, 15) is 24.3 Å². The molecule has 12 heteroatoms. The number of amides is 4. The van der Waals surface area contributed by atoms with Crippen molar-refractivity contribution < 1.29 is 33.5 Å². The molecule has 2 aromatic carbocycles. The molecule has 1 aliphatic rings. The molecule has 3 aromatic rings. The fourth-order valence-corrected chi connectivity index (χ4v) is 4.65. The van der Waals surface area contributed by atoms with Gasteiger partial charge >= 0.3 is 18.1 Å². The number of carboxylic acid groups (broad SMARTS) is 1. The summed E-state index contributed by atoms with van der Waals surface area (Å²) < 4.78 is 10.1. The van der Waals surface area contributed by atoms with Gasteiger partial charge in [-0.05, 0) is 49.1 Å². The van der Waals surface area contributed by atoms with Crippen LogP contribution in [0.3, 0.4) is 0 Å². The second kappa shape index (κ2) is 14.0. The highest BCUT2D eigenvalue weighted by atomic mass is 16.5. The molecule has 1 fully saturated rings. The number of aliphatic carboxylic acids is 1. The van der Waals surface area contributed by atoms with E-state index in [4.69, 9.17) is 9.26 Å². The summed E-state index contributed by atoms with van der Waals surface area (Å²) in [6.07, 6.45) is 1.97. The quantitative estimate of drug-likeness (QED) is 0.244. The summed E-state index contributed by atoms with van der Waals surface area (Å²) in [5.41, 5.74) is 3.57. The Balaban J connectivity index is 1.32. The lowest BCUT2D eigenvalue weighted by Gasteiger charge is -2.23. The number of para-hydroxylation sites is 1. The van der Waals surface area contributed by atoms with Crippen molar-refractivity contribution in [1.82, 2.24) is 15.4 Å². The zero-order chi connectivity index (χ0) is 30.1. The van der Waals surface area contributed by atoms with E-state index in [0.29, 0.717) is 24.3 Å². The second-order valence-corrected chi connectivity index (χ2v) is 9.86. The number of aromatic nitrogens is 1. The Bertz CT molecular complexity index is 1440. The predicted molar refractivity (Wildman–Crippen MR) is 154 cm³/mol. The maximum Gasteiger partial charge on any atom is 0.408 e. The molecule has 1 aliphatic heterocycles. The lowest BCUT2D eigenvalue weighted by molar-refractivity contribution is -0.139. The molecular formula is C30H33N5O7. The molecule has 12 nitrogen and oxygen atoms in total. The highest BCUT2D eigenvalue weighted by molar-refractivity contribution is 6.00. The largest absolute Gasteiger partial charge is 0.480 e. The molecule has 4 rings (SSSR count). The van der Waals surface area contributed by atoms with Crippen LogP contribution in [-0.4, -0.2) is 58.4 Å². The molecule has 0 bridgehead atoms. The van der Waals surface area contributed by atoms with Gasteiger partial charge in [0.15, 0.2) is 0 Å². The summed E-state index contributed by atoms with van der Waals surface area (Å²) in [6.45, 7) is 5.85. The SMILES string of the molecule is C=CCOC(=O)NC(Cc1cc(C2CCCN2C(=O)Cc2ccc(NC(=O)Nc3ccccc3C)cc2)no1)C(=O)O. The molecule has 4 amide bonds. The monoisotopic (exact) mass is 575 g/mol. The third-order valence-corrected chi connectivity index (χ3v) is 6.78. The number of likely N-dealkylation sites (tertiary alicyclic amines) is 1. The maximum absolute atomic E-state index is 13.2. The average molecular weight is 576 g/mol. The molecular weight excluding hydrogens is 542 g/mol. The van der Waals surface area contributed by atoms with Crippen LogP contribution in [-0.2, 0) is 27.2 Å². The first-order valence-corrected chi connectivity index (χ1v) is 13.5. The summed E-state index contributed by atoms with van der Waals surface area (Å²) in [7, 11) is 0. The van der Waals surface area contributed by atoms with Crippen LogP contribution >= 0.6 is 0 Å². The van der Waals surface area contributed by atoms with Crippen molar-refractivity contribution in [3.8, 4) is 0 Å². The van der Waals surface area contributed by atoms with E-state index in [1.807, 2.05) is 31.2 Å². The molecule has 2 unspecified atom stereocenters. The molecule has 0 radical (unpaired) electrons. The van der Waals surface area contributed by atoms with Gasteiger partial charge in [0.2, 0.25) is 5.91 Å². The first-order chi connectivity index (χ1) is 20.2. The minimum absolute atomic E-state index is 0.0527. The van der Waals surface area contributed by atoms with E-state index in [-0.39, 0.29) is 43.2 Å². The second-order valence-electron chi connectivity index (χ2n) is 9.86. The summed E-state index contributed by atoms with van der Waals surface area (Å²) in [5.74, 6) is -1.08. The van der Waals surface area contributed by atoms with Crippen molar-refractivity contribution >= 4 is 35.4 Å². The van der Waals surface area contributed by atoms with Gasteiger partial charge in [0.05, 0.1) is 12.5 Å². The average Bonchev–Trinajstić information content (AvgIpc) is 3.64. The Labute approximate surface area is 242 Å². The van der Waals surface area contributed by atoms with Crippen molar-refractivity contribution in [2.24, 2.45) is 0 Å². The predicted octanol–water partition coefficient (Wildman–Crippen LogP) is 4.44. The molecule has 2 atom stereocenters. The normalized spacial score (nSPS) is 15.0. The van der Waals surface area contributed by atoms with Gasteiger partial charge in [-0.25, -0.2) is 14.4 Å². The summed E-state index contributed by atoms with van der Waals surface area (Å²) in [4.78, 5) is 50.7. The van der Waals surface area contributed by atoms with E-state index >= 15 is 0 Å².